The van der Waals surface area contributed by atoms with E-state index < -0.39 is 0 Å². The summed E-state index contributed by atoms with van der Waals surface area (Å²) < 4.78 is 5.19. The Morgan fingerprint density at radius 1 is 1.50 bits per heavy atom. The van der Waals surface area contributed by atoms with Gasteiger partial charge in [0, 0.05) is 19.1 Å². The number of rotatable bonds is 5. The fourth-order valence-electron chi connectivity index (χ4n) is 2.10. The zero-order valence-electron chi connectivity index (χ0n) is 9.83. The Kier molecular flexibility index (Phi) is 4.19. The zero-order valence-corrected chi connectivity index (χ0v) is 9.83. The molecule has 0 spiro atoms. The predicted octanol–water partition coefficient (Wildman–Crippen LogP) is 1.54. The molecule has 1 atom stereocenters. The SMILES string of the molecule is COc1cccc(CNCC2CCCN2)c1. The number of nitrogens with one attached hydrogen (secondary N) is 2. The van der Waals surface area contributed by atoms with Crippen LogP contribution in [0.25, 0.3) is 0 Å². The molecular weight excluding hydrogens is 200 g/mol. The molecule has 0 aliphatic carbocycles. The summed E-state index contributed by atoms with van der Waals surface area (Å²) >= 11 is 0. The number of methoxy groups -OCH3 is 1. The Morgan fingerprint density at radius 2 is 2.44 bits per heavy atom. The average molecular weight is 220 g/mol. The van der Waals surface area contributed by atoms with E-state index in [-0.39, 0.29) is 0 Å². The van der Waals surface area contributed by atoms with Crippen LogP contribution in [0.5, 0.6) is 5.75 Å². The molecule has 88 valence electrons. The van der Waals surface area contributed by atoms with Gasteiger partial charge in [0.25, 0.3) is 0 Å². The predicted molar refractivity (Wildman–Crippen MR) is 65.7 cm³/mol. The second-order valence-corrected chi connectivity index (χ2v) is 4.28. The molecular formula is C13H20N2O. The van der Waals surface area contributed by atoms with Crippen LogP contribution in [0, 0.1) is 0 Å². The first-order chi connectivity index (χ1) is 7.88. The maximum atomic E-state index is 5.19. The molecule has 1 aromatic carbocycles. The first-order valence-corrected chi connectivity index (χ1v) is 5.95. The standard InChI is InChI=1S/C13H20N2O/c1-16-13-6-2-4-11(8-13)9-14-10-12-5-3-7-15-12/h2,4,6,8,12,14-15H,3,5,7,9-10H2,1H3. The van der Waals surface area contributed by atoms with Gasteiger partial charge in [-0.05, 0) is 37.1 Å². The molecule has 1 heterocycles. The molecule has 1 aliphatic rings. The van der Waals surface area contributed by atoms with Gasteiger partial charge in [-0.2, -0.15) is 0 Å². The fourth-order valence-corrected chi connectivity index (χ4v) is 2.10. The Hall–Kier alpha value is -1.06. The van der Waals surface area contributed by atoms with Gasteiger partial charge >= 0.3 is 0 Å². The van der Waals surface area contributed by atoms with Crippen molar-refractivity contribution in [3.8, 4) is 5.75 Å². The maximum Gasteiger partial charge on any atom is 0.119 e. The lowest BCUT2D eigenvalue weighted by Crippen LogP contribution is -2.33. The Labute approximate surface area is 97.2 Å². The quantitative estimate of drug-likeness (QED) is 0.789. The van der Waals surface area contributed by atoms with E-state index in [0.29, 0.717) is 6.04 Å². The van der Waals surface area contributed by atoms with Crippen molar-refractivity contribution in [3.05, 3.63) is 29.8 Å². The molecule has 2 N–H and O–H groups in total. The van der Waals surface area contributed by atoms with Gasteiger partial charge in [-0.15, -0.1) is 0 Å². The molecule has 1 aliphatic heterocycles. The topological polar surface area (TPSA) is 33.3 Å². The van der Waals surface area contributed by atoms with Gasteiger partial charge < -0.3 is 15.4 Å². The number of hydrogen-bond donors (Lipinski definition) is 2. The monoisotopic (exact) mass is 220 g/mol. The largest absolute Gasteiger partial charge is 0.497 e. The first kappa shape index (κ1) is 11.4. The lowest BCUT2D eigenvalue weighted by Gasteiger charge is -2.11. The van der Waals surface area contributed by atoms with Crippen molar-refractivity contribution < 1.29 is 4.74 Å². The molecule has 3 heteroatoms. The van der Waals surface area contributed by atoms with Crippen molar-refractivity contribution in [3.63, 3.8) is 0 Å². The van der Waals surface area contributed by atoms with Crippen LogP contribution in [0.1, 0.15) is 18.4 Å². The average Bonchev–Trinajstić information content (AvgIpc) is 2.82. The van der Waals surface area contributed by atoms with Crippen molar-refractivity contribution in [2.24, 2.45) is 0 Å². The summed E-state index contributed by atoms with van der Waals surface area (Å²) in [6.07, 6.45) is 2.61. The van der Waals surface area contributed by atoms with E-state index in [1.165, 1.54) is 24.9 Å². The summed E-state index contributed by atoms with van der Waals surface area (Å²) in [7, 11) is 1.70. The summed E-state index contributed by atoms with van der Waals surface area (Å²) in [4.78, 5) is 0. The molecule has 0 radical (unpaired) electrons. The molecule has 0 amide bonds. The van der Waals surface area contributed by atoms with Crippen LogP contribution in [0.4, 0.5) is 0 Å². The Morgan fingerprint density at radius 3 is 3.19 bits per heavy atom. The Bertz CT molecular complexity index is 321. The molecule has 2 rings (SSSR count). The summed E-state index contributed by atoms with van der Waals surface area (Å²) in [6.45, 7) is 3.14. The van der Waals surface area contributed by atoms with Gasteiger partial charge in [0.05, 0.1) is 7.11 Å². The highest BCUT2D eigenvalue weighted by molar-refractivity contribution is 5.28. The van der Waals surface area contributed by atoms with Crippen molar-refractivity contribution in [2.45, 2.75) is 25.4 Å². The van der Waals surface area contributed by atoms with Gasteiger partial charge in [0.15, 0.2) is 0 Å². The minimum atomic E-state index is 0.658. The molecule has 0 saturated carbocycles. The van der Waals surface area contributed by atoms with Crippen LogP contribution in [0.2, 0.25) is 0 Å². The number of ether oxygens (including phenoxy) is 1. The highest BCUT2D eigenvalue weighted by Crippen LogP contribution is 2.12. The van der Waals surface area contributed by atoms with Crippen molar-refractivity contribution in [1.29, 1.82) is 0 Å². The molecule has 0 aromatic heterocycles. The van der Waals surface area contributed by atoms with Gasteiger partial charge in [-0.25, -0.2) is 0 Å². The van der Waals surface area contributed by atoms with Gasteiger partial charge in [0.1, 0.15) is 5.75 Å². The van der Waals surface area contributed by atoms with Crippen molar-refractivity contribution in [1.82, 2.24) is 10.6 Å². The first-order valence-electron chi connectivity index (χ1n) is 5.95. The van der Waals surface area contributed by atoms with E-state index >= 15 is 0 Å². The molecule has 1 saturated heterocycles. The molecule has 1 fully saturated rings. The minimum absolute atomic E-state index is 0.658. The summed E-state index contributed by atoms with van der Waals surface area (Å²) in [5.74, 6) is 0.929. The number of hydrogen-bond acceptors (Lipinski definition) is 3. The molecule has 16 heavy (non-hydrogen) atoms. The van der Waals surface area contributed by atoms with Crippen LogP contribution in [-0.2, 0) is 6.54 Å². The van der Waals surface area contributed by atoms with Crippen LogP contribution in [-0.4, -0.2) is 26.2 Å². The van der Waals surface area contributed by atoms with E-state index in [1.54, 1.807) is 7.11 Å². The summed E-state index contributed by atoms with van der Waals surface area (Å²) in [6, 6.07) is 8.86. The van der Waals surface area contributed by atoms with Crippen LogP contribution in [0.3, 0.4) is 0 Å². The third-order valence-corrected chi connectivity index (χ3v) is 3.02. The van der Waals surface area contributed by atoms with Crippen LogP contribution < -0.4 is 15.4 Å². The molecule has 3 nitrogen and oxygen atoms in total. The maximum absolute atomic E-state index is 5.19. The van der Waals surface area contributed by atoms with E-state index in [2.05, 4.69) is 22.8 Å². The normalized spacial score (nSPS) is 19.9. The zero-order chi connectivity index (χ0) is 11.2. The van der Waals surface area contributed by atoms with E-state index in [9.17, 15) is 0 Å². The summed E-state index contributed by atoms with van der Waals surface area (Å²) in [5, 5.41) is 6.96. The third-order valence-electron chi connectivity index (χ3n) is 3.02. The molecule has 0 bridgehead atoms. The minimum Gasteiger partial charge on any atom is -0.497 e. The fraction of sp³-hybridized carbons (Fsp3) is 0.538. The molecule has 1 unspecified atom stereocenters. The smallest absolute Gasteiger partial charge is 0.119 e. The van der Waals surface area contributed by atoms with Gasteiger partial charge in [-0.1, -0.05) is 12.1 Å². The van der Waals surface area contributed by atoms with Gasteiger partial charge in [0.2, 0.25) is 0 Å². The van der Waals surface area contributed by atoms with Crippen molar-refractivity contribution in [2.75, 3.05) is 20.2 Å². The lowest BCUT2D eigenvalue weighted by atomic mass is 10.2. The second-order valence-electron chi connectivity index (χ2n) is 4.28. The highest BCUT2D eigenvalue weighted by atomic mass is 16.5. The summed E-state index contributed by atoms with van der Waals surface area (Å²) in [5.41, 5.74) is 1.28. The number of benzene rings is 1. The Balaban J connectivity index is 1.75. The van der Waals surface area contributed by atoms with E-state index in [0.717, 1.165) is 18.8 Å². The molecule has 1 aromatic rings. The third kappa shape index (κ3) is 3.22. The van der Waals surface area contributed by atoms with E-state index in [1.807, 2.05) is 12.1 Å². The second kappa shape index (κ2) is 5.87. The van der Waals surface area contributed by atoms with Gasteiger partial charge in [-0.3, -0.25) is 0 Å². The van der Waals surface area contributed by atoms with Crippen LogP contribution >= 0.6 is 0 Å². The highest BCUT2D eigenvalue weighted by Gasteiger charge is 2.12. The van der Waals surface area contributed by atoms with Crippen LogP contribution in [0.15, 0.2) is 24.3 Å². The van der Waals surface area contributed by atoms with E-state index in [4.69, 9.17) is 4.74 Å². The lowest BCUT2D eigenvalue weighted by molar-refractivity contribution is 0.414. The van der Waals surface area contributed by atoms with Crippen molar-refractivity contribution >= 4 is 0 Å².